The van der Waals surface area contributed by atoms with Crippen molar-refractivity contribution in [1.82, 2.24) is 15.0 Å². The highest BCUT2D eigenvalue weighted by molar-refractivity contribution is 8.00. The molecule has 4 aromatic rings. The molecule has 0 saturated heterocycles. The summed E-state index contributed by atoms with van der Waals surface area (Å²) in [7, 11) is 0. The first-order valence-electron chi connectivity index (χ1n) is 9.17. The van der Waals surface area contributed by atoms with Gasteiger partial charge in [0, 0.05) is 16.6 Å². The third kappa shape index (κ3) is 4.11. The van der Waals surface area contributed by atoms with Crippen LogP contribution in [0.15, 0.2) is 53.8 Å². The molecule has 0 aliphatic carbocycles. The zero-order valence-electron chi connectivity index (χ0n) is 15.9. The first-order chi connectivity index (χ1) is 14.5. The second-order valence-corrected chi connectivity index (χ2v) is 7.32. The summed E-state index contributed by atoms with van der Waals surface area (Å²) in [6, 6.07) is 10.9. The van der Waals surface area contributed by atoms with Crippen LogP contribution < -0.4 is 5.32 Å². The number of fused-ring (bicyclic) bond motifs is 3. The van der Waals surface area contributed by atoms with Crippen LogP contribution in [0.2, 0.25) is 0 Å². The van der Waals surface area contributed by atoms with E-state index in [1.807, 2.05) is 0 Å². The number of benzene rings is 2. The highest BCUT2D eigenvalue weighted by atomic mass is 32.2. The Morgan fingerprint density at radius 3 is 2.73 bits per heavy atom. The molecule has 2 aromatic heterocycles. The fourth-order valence-corrected chi connectivity index (χ4v) is 3.74. The zero-order valence-corrected chi connectivity index (χ0v) is 16.8. The third-order valence-corrected chi connectivity index (χ3v) is 5.32. The van der Waals surface area contributed by atoms with Crippen molar-refractivity contribution < 1.29 is 18.7 Å². The van der Waals surface area contributed by atoms with E-state index >= 15 is 0 Å². The standard InChI is InChI=1S/C21H17FN4O3S/c1-2-29-21(28)12-3-6-14(7-4-12)25-17(27)10-30-20-19-18(23-11-24-20)15-9-13(22)5-8-16(15)26-19/h3-9,11,26H,2,10H2,1H3,(H,25,27). The summed E-state index contributed by atoms with van der Waals surface area (Å²) in [4.78, 5) is 35.7. The van der Waals surface area contributed by atoms with Crippen molar-refractivity contribution in [2.45, 2.75) is 11.9 Å². The highest BCUT2D eigenvalue weighted by Gasteiger charge is 2.13. The molecule has 0 bridgehead atoms. The smallest absolute Gasteiger partial charge is 0.338 e. The van der Waals surface area contributed by atoms with E-state index in [0.29, 0.717) is 39.3 Å². The first kappa shape index (κ1) is 19.8. The maximum Gasteiger partial charge on any atom is 0.338 e. The number of aromatic nitrogens is 3. The van der Waals surface area contributed by atoms with Crippen molar-refractivity contribution in [3.63, 3.8) is 0 Å². The molecule has 0 aliphatic heterocycles. The number of nitrogens with zero attached hydrogens (tertiary/aromatic N) is 2. The largest absolute Gasteiger partial charge is 0.462 e. The summed E-state index contributed by atoms with van der Waals surface area (Å²) in [5.74, 6) is -0.852. The lowest BCUT2D eigenvalue weighted by Crippen LogP contribution is -2.14. The second kappa shape index (κ2) is 8.50. The minimum Gasteiger partial charge on any atom is -0.462 e. The van der Waals surface area contributed by atoms with Gasteiger partial charge in [-0.1, -0.05) is 11.8 Å². The fraction of sp³-hybridized carbons (Fsp3) is 0.143. The van der Waals surface area contributed by atoms with E-state index in [4.69, 9.17) is 4.74 Å². The van der Waals surface area contributed by atoms with Gasteiger partial charge in [-0.05, 0) is 49.4 Å². The van der Waals surface area contributed by atoms with Gasteiger partial charge in [-0.2, -0.15) is 0 Å². The van der Waals surface area contributed by atoms with Crippen LogP contribution in [-0.2, 0) is 9.53 Å². The number of thioether (sulfide) groups is 1. The van der Waals surface area contributed by atoms with Crippen molar-refractivity contribution in [3.05, 3.63) is 60.2 Å². The molecule has 0 radical (unpaired) electrons. The van der Waals surface area contributed by atoms with Gasteiger partial charge < -0.3 is 15.0 Å². The van der Waals surface area contributed by atoms with Crippen molar-refractivity contribution in [2.75, 3.05) is 17.7 Å². The first-order valence-corrected chi connectivity index (χ1v) is 10.2. The average Bonchev–Trinajstić information content (AvgIpc) is 3.11. The number of carbonyl (C=O) groups excluding carboxylic acids is 2. The Bertz CT molecular complexity index is 1240. The number of ether oxygens (including phenoxy) is 1. The summed E-state index contributed by atoms with van der Waals surface area (Å²) in [6.45, 7) is 2.04. The summed E-state index contributed by atoms with van der Waals surface area (Å²) < 4.78 is 18.5. The summed E-state index contributed by atoms with van der Waals surface area (Å²) in [6.07, 6.45) is 1.40. The molecule has 0 atom stereocenters. The molecule has 152 valence electrons. The van der Waals surface area contributed by atoms with E-state index in [-0.39, 0.29) is 17.5 Å². The average molecular weight is 424 g/mol. The van der Waals surface area contributed by atoms with Gasteiger partial charge in [0.05, 0.1) is 23.4 Å². The van der Waals surface area contributed by atoms with E-state index in [0.717, 1.165) is 5.52 Å². The summed E-state index contributed by atoms with van der Waals surface area (Å²) >= 11 is 1.25. The molecular weight excluding hydrogens is 407 g/mol. The van der Waals surface area contributed by atoms with Gasteiger partial charge in [-0.3, -0.25) is 4.79 Å². The number of hydrogen-bond acceptors (Lipinski definition) is 6. The van der Waals surface area contributed by atoms with Crippen molar-refractivity contribution in [1.29, 1.82) is 0 Å². The number of esters is 1. The van der Waals surface area contributed by atoms with E-state index in [1.165, 1.54) is 30.2 Å². The molecule has 1 amide bonds. The van der Waals surface area contributed by atoms with Crippen molar-refractivity contribution in [2.24, 2.45) is 0 Å². The molecule has 2 heterocycles. The van der Waals surface area contributed by atoms with Crippen LogP contribution in [-0.4, -0.2) is 39.2 Å². The van der Waals surface area contributed by atoms with E-state index in [1.54, 1.807) is 37.3 Å². The van der Waals surface area contributed by atoms with Crippen LogP contribution in [0.3, 0.4) is 0 Å². The SMILES string of the molecule is CCOC(=O)c1ccc(NC(=O)CSc2ncnc3c2[nH]c2ccc(F)cc23)cc1. The Morgan fingerprint density at radius 1 is 1.17 bits per heavy atom. The normalized spacial score (nSPS) is 11.0. The lowest BCUT2D eigenvalue weighted by molar-refractivity contribution is -0.113. The predicted molar refractivity (Wildman–Crippen MR) is 113 cm³/mol. The van der Waals surface area contributed by atoms with Gasteiger partial charge >= 0.3 is 5.97 Å². The van der Waals surface area contributed by atoms with Crippen LogP contribution in [0.4, 0.5) is 10.1 Å². The fourth-order valence-electron chi connectivity index (χ4n) is 2.99. The Kier molecular flexibility index (Phi) is 5.62. The minimum absolute atomic E-state index is 0.121. The summed E-state index contributed by atoms with van der Waals surface area (Å²) in [5, 5.41) is 4.05. The molecular formula is C21H17FN4O3S. The molecule has 7 nitrogen and oxygen atoms in total. The van der Waals surface area contributed by atoms with Gasteiger partial charge in [-0.15, -0.1) is 0 Å². The minimum atomic E-state index is -0.406. The van der Waals surface area contributed by atoms with Crippen LogP contribution in [0.25, 0.3) is 21.9 Å². The Balaban J connectivity index is 1.44. The zero-order chi connectivity index (χ0) is 21.1. The molecule has 0 spiro atoms. The Hall–Kier alpha value is -3.46. The Morgan fingerprint density at radius 2 is 1.97 bits per heavy atom. The second-order valence-electron chi connectivity index (χ2n) is 6.35. The number of halogens is 1. The predicted octanol–water partition coefficient (Wildman–Crippen LogP) is 4.16. The lowest BCUT2D eigenvalue weighted by Gasteiger charge is -2.06. The number of anilines is 1. The molecule has 0 unspecified atom stereocenters. The molecule has 9 heteroatoms. The molecule has 0 saturated carbocycles. The molecule has 0 aliphatic rings. The van der Waals surface area contributed by atoms with Crippen LogP contribution in [0, 0.1) is 5.82 Å². The number of amides is 1. The number of hydrogen-bond donors (Lipinski definition) is 2. The number of H-pyrrole nitrogens is 1. The van der Waals surface area contributed by atoms with E-state index < -0.39 is 5.97 Å². The van der Waals surface area contributed by atoms with E-state index in [2.05, 4.69) is 20.3 Å². The quantitative estimate of drug-likeness (QED) is 0.274. The van der Waals surface area contributed by atoms with Gasteiger partial charge in [0.2, 0.25) is 5.91 Å². The number of nitrogens with one attached hydrogen (secondary N) is 2. The molecule has 4 rings (SSSR count). The highest BCUT2D eigenvalue weighted by Crippen LogP contribution is 2.30. The topological polar surface area (TPSA) is 97.0 Å². The molecule has 2 aromatic carbocycles. The van der Waals surface area contributed by atoms with Crippen LogP contribution in [0.1, 0.15) is 17.3 Å². The van der Waals surface area contributed by atoms with Gasteiger partial charge in [0.1, 0.15) is 22.7 Å². The third-order valence-electron chi connectivity index (χ3n) is 4.33. The molecule has 0 fully saturated rings. The number of rotatable bonds is 6. The maximum absolute atomic E-state index is 13.6. The Labute approximate surface area is 175 Å². The van der Waals surface area contributed by atoms with Crippen LogP contribution in [0.5, 0.6) is 0 Å². The maximum atomic E-state index is 13.6. The van der Waals surface area contributed by atoms with Crippen molar-refractivity contribution in [3.8, 4) is 0 Å². The van der Waals surface area contributed by atoms with Gasteiger partial charge in [0.15, 0.2) is 0 Å². The summed E-state index contributed by atoms with van der Waals surface area (Å²) in [5.41, 5.74) is 3.01. The molecule has 2 N–H and O–H groups in total. The lowest BCUT2D eigenvalue weighted by atomic mass is 10.2. The molecule has 30 heavy (non-hydrogen) atoms. The van der Waals surface area contributed by atoms with Crippen molar-refractivity contribution >= 4 is 51.3 Å². The monoisotopic (exact) mass is 424 g/mol. The van der Waals surface area contributed by atoms with Gasteiger partial charge in [-0.25, -0.2) is 19.2 Å². The number of carbonyl (C=O) groups is 2. The van der Waals surface area contributed by atoms with Crippen LogP contribution >= 0.6 is 11.8 Å². The van der Waals surface area contributed by atoms with Gasteiger partial charge in [0.25, 0.3) is 0 Å². The number of aromatic amines is 1. The van der Waals surface area contributed by atoms with E-state index in [9.17, 15) is 14.0 Å².